The Morgan fingerprint density at radius 2 is 1.35 bits per heavy atom. The zero-order chi connectivity index (χ0) is 17.9. The number of carbonyl (C=O) groups excluding carboxylic acids is 2. The Kier molecular flexibility index (Phi) is 4.07. The number of benzene rings is 3. The van der Waals surface area contributed by atoms with Crippen molar-refractivity contribution in [3.05, 3.63) is 102 Å². The molecule has 0 unspecified atom stereocenters. The standard InChI is InChI=1S/C22H16N2O2/c25-21(17-8-3-1-4-9-17)23-19-13-7-12-16-14-15-24(20(16)19)22(26)18-10-5-2-6-11-18/h1-15H,(H,23,25). The van der Waals surface area contributed by atoms with E-state index in [1.807, 2.05) is 54.6 Å². The smallest absolute Gasteiger partial charge is 0.262 e. The molecular formula is C22H16N2O2. The minimum Gasteiger partial charge on any atom is -0.320 e. The van der Waals surface area contributed by atoms with Crippen LogP contribution in [0.4, 0.5) is 5.69 Å². The third-order valence-corrected chi connectivity index (χ3v) is 4.24. The number of nitrogens with zero attached hydrogens (tertiary/aromatic N) is 1. The fraction of sp³-hybridized carbons (Fsp3) is 0. The van der Waals surface area contributed by atoms with E-state index in [9.17, 15) is 9.59 Å². The van der Waals surface area contributed by atoms with Crippen LogP contribution in [0.1, 0.15) is 20.7 Å². The van der Waals surface area contributed by atoms with Crippen molar-refractivity contribution < 1.29 is 9.59 Å². The van der Waals surface area contributed by atoms with Gasteiger partial charge in [0.15, 0.2) is 0 Å². The highest BCUT2D eigenvalue weighted by Crippen LogP contribution is 2.26. The topological polar surface area (TPSA) is 51.1 Å². The van der Waals surface area contributed by atoms with Gasteiger partial charge in [-0.15, -0.1) is 0 Å². The van der Waals surface area contributed by atoms with E-state index < -0.39 is 0 Å². The highest BCUT2D eigenvalue weighted by atomic mass is 16.2. The van der Waals surface area contributed by atoms with Gasteiger partial charge in [-0.2, -0.15) is 0 Å². The van der Waals surface area contributed by atoms with E-state index in [2.05, 4.69) is 5.32 Å². The van der Waals surface area contributed by atoms with E-state index in [4.69, 9.17) is 0 Å². The van der Waals surface area contributed by atoms with Crippen molar-refractivity contribution in [3.63, 3.8) is 0 Å². The van der Waals surface area contributed by atoms with Crippen LogP contribution in [0.3, 0.4) is 0 Å². The van der Waals surface area contributed by atoms with Crippen LogP contribution in [0.25, 0.3) is 10.9 Å². The number of rotatable bonds is 3. The summed E-state index contributed by atoms with van der Waals surface area (Å²) in [6.45, 7) is 0. The number of aromatic nitrogens is 1. The zero-order valence-corrected chi connectivity index (χ0v) is 13.9. The first kappa shape index (κ1) is 15.8. The Hall–Kier alpha value is -3.66. The fourth-order valence-corrected chi connectivity index (χ4v) is 2.97. The van der Waals surface area contributed by atoms with Gasteiger partial charge in [-0.1, -0.05) is 48.5 Å². The van der Waals surface area contributed by atoms with Gasteiger partial charge in [0.1, 0.15) is 0 Å². The number of fused-ring (bicyclic) bond motifs is 1. The quantitative estimate of drug-likeness (QED) is 0.593. The molecular weight excluding hydrogens is 324 g/mol. The number of nitrogens with one attached hydrogen (secondary N) is 1. The zero-order valence-electron chi connectivity index (χ0n) is 13.9. The van der Waals surface area contributed by atoms with Crippen LogP contribution < -0.4 is 5.32 Å². The molecule has 0 saturated carbocycles. The Balaban J connectivity index is 1.76. The predicted molar refractivity (Wildman–Crippen MR) is 103 cm³/mol. The fourth-order valence-electron chi connectivity index (χ4n) is 2.97. The molecule has 4 nitrogen and oxygen atoms in total. The maximum Gasteiger partial charge on any atom is 0.262 e. The molecule has 1 aromatic heterocycles. The van der Waals surface area contributed by atoms with Crippen LogP contribution in [0.5, 0.6) is 0 Å². The molecule has 1 N–H and O–H groups in total. The summed E-state index contributed by atoms with van der Waals surface area (Å²) in [6.07, 6.45) is 1.73. The van der Waals surface area contributed by atoms with Gasteiger partial charge >= 0.3 is 0 Å². The van der Waals surface area contributed by atoms with E-state index in [1.165, 1.54) is 0 Å². The number of hydrogen-bond acceptors (Lipinski definition) is 2. The van der Waals surface area contributed by atoms with E-state index in [-0.39, 0.29) is 11.8 Å². The van der Waals surface area contributed by atoms with Crippen molar-refractivity contribution in [3.8, 4) is 0 Å². The number of amides is 1. The van der Waals surface area contributed by atoms with Crippen LogP contribution >= 0.6 is 0 Å². The normalized spacial score (nSPS) is 10.6. The van der Waals surface area contributed by atoms with Gasteiger partial charge in [0.2, 0.25) is 0 Å². The molecule has 1 amide bonds. The lowest BCUT2D eigenvalue weighted by Gasteiger charge is -2.10. The van der Waals surface area contributed by atoms with Gasteiger partial charge in [-0.05, 0) is 36.4 Å². The Morgan fingerprint density at radius 1 is 0.692 bits per heavy atom. The third kappa shape index (κ3) is 2.89. The summed E-state index contributed by atoms with van der Waals surface area (Å²) >= 11 is 0. The molecule has 0 atom stereocenters. The lowest BCUT2D eigenvalue weighted by Crippen LogP contribution is -2.15. The van der Waals surface area contributed by atoms with Gasteiger partial charge in [-0.25, -0.2) is 0 Å². The van der Waals surface area contributed by atoms with E-state index in [0.29, 0.717) is 22.3 Å². The Labute approximate surface area is 150 Å². The summed E-state index contributed by atoms with van der Waals surface area (Å²) in [6, 6.07) is 25.5. The molecule has 0 aliphatic rings. The molecule has 4 aromatic rings. The predicted octanol–water partition coefficient (Wildman–Crippen LogP) is 4.58. The molecule has 126 valence electrons. The minimum atomic E-state index is -0.210. The summed E-state index contributed by atoms with van der Waals surface area (Å²) in [7, 11) is 0. The highest BCUT2D eigenvalue weighted by Gasteiger charge is 2.15. The Morgan fingerprint density at radius 3 is 2.04 bits per heavy atom. The molecule has 26 heavy (non-hydrogen) atoms. The average molecular weight is 340 g/mol. The van der Waals surface area contributed by atoms with Gasteiger partial charge in [0.25, 0.3) is 11.8 Å². The lowest BCUT2D eigenvalue weighted by molar-refractivity contribution is 0.0963. The minimum absolute atomic E-state index is 0.137. The molecule has 0 saturated heterocycles. The first-order valence-corrected chi connectivity index (χ1v) is 8.30. The van der Waals surface area contributed by atoms with Crippen molar-refractivity contribution in [2.45, 2.75) is 0 Å². The van der Waals surface area contributed by atoms with Crippen molar-refractivity contribution in [2.24, 2.45) is 0 Å². The summed E-state index contributed by atoms with van der Waals surface area (Å²) in [5.74, 6) is -0.347. The molecule has 4 rings (SSSR count). The maximum atomic E-state index is 12.9. The van der Waals surface area contributed by atoms with Crippen LogP contribution in [-0.4, -0.2) is 16.4 Å². The number of anilines is 1. The van der Waals surface area contributed by atoms with Crippen LogP contribution in [0.2, 0.25) is 0 Å². The first-order valence-electron chi connectivity index (χ1n) is 8.30. The molecule has 0 radical (unpaired) electrons. The van der Waals surface area contributed by atoms with Crippen molar-refractivity contribution >= 4 is 28.4 Å². The van der Waals surface area contributed by atoms with Gasteiger partial charge in [-0.3, -0.25) is 14.2 Å². The average Bonchev–Trinajstić information content (AvgIpc) is 3.14. The Bertz CT molecular complexity index is 1080. The van der Waals surface area contributed by atoms with Crippen LogP contribution in [-0.2, 0) is 0 Å². The van der Waals surface area contributed by atoms with E-state index >= 15 is 0 Å². The van der Waals surface area contributed by atoms with E-state index in [1.54, 1.807) is 41.1 Å². The van der Waals surface area contributed by atoms with Gasteiger partial charge in [0.05, 0.1) is 11.2 Å². The molecule has 0 bridgehead atoms. The summed E-state index contributed by atoms with van der Waals surface area (Å²) in [5, 5.41) is 3.81. The third-order valence-electron chi connectivity index (χ3n) is 4.24. The number of para-hydroxylation sites is 1. The van der Waals surface area contributed by atoms with Crippen molar-refractivity contribution in [1.82, 2.24) is 4.57 Å². The molecule has 0 spiro atoms. The molecule has 3 aromatic carbocycles. The molecule has 0 fully saturated rings. The van der Waals surface area contributed by atoms with Crippen LogP contribution in [0, 0.1) is 0 Å². The van der Waals surface area contributed by atoms with Gasteiger partial charge < -0.3 is 5.32 Å². The monoisotopic (exact) mass is 340 g/mol. The summed E-state index contributed by atoms with van der Waals surface area (Å²) in [5.41, 5.74) is 2.45. The molecule has 4 heteroatoms. The van der Waals surface area contributed by atoms with Crippen molar-refractivity contribution in [2.75, 3.05) is 5.32 Å². The van der Waals surface area contributed by atoms with Crippen LogP contribution in [0.15, 0.2) is 91.1 Å². The molecule has 0 aliphatic heterocycles. The second-order valence-corrected chi connectivity index (χ2v) is 5.92. The van der Waals surface area contributed by atoms with Crippen molar-refractivity contribution in [1.29, 1.82) is 0 Å². The highest BCUT2D eigenvalue weighted by molar-refractivity contribution is 6.11. The summed E-state index contributed by atoms with van der Waals surface area (Å²) in [4.78, 5) is 25.4. The van der Waals surface area contributed by atoms with E-state index in [0.717, 1.165) is 5.39 Å². The second kappa shape index (κ2) is 6.69. The second-order valence-electron chi connectivity index (χ2n) is 5.92. The first-order chi connectivity index (χ1) is 12.7. The van der Waals surface area contributed by atoms with Gasteiger partial charge in [0, 0.05) is 22.7 Å². The summed E-state index contributed by atoms with van der Waals surface area (Å²) < 4.78 is 1.57. The number of carbonyl (C=O) groups is 2. The molecule has 0 aliphatic carbocycles. The lowest BCUT2D eigenvalue weighted by atomic mass is 10.1. The SMILES string of the molecule is O=C(Nc1cccc2ccn(C(=O)c3ccccc3)c12)c1ccccc1. The maximum absolute atomic E-state index is 12.9. The molecule has 1 heterocycles. The largest absolute Gasteiger partial charge is 0.320 e. The number of hydrogen-bond donors (Lipinski definition) is 1.